The van der Waals surface area contributed by atoms with Crippen molar-refractivity contribution in [2.24, 2.45) is 0 Å². The molecule has 17 heavy (non-hydrogen) atoms. The number of para-hydroxylation sites is 1. The van der Waals surface area contributed by atoms with E-state index in [1.165, 1.54) is 29.5 Å². The van der Waals surface area contributed by atoms with Gasteiger partial charge in [-0.1, -0.05) is 29.0 Å². The zero-order valence-corrected chi connectivity index (χ0v) is 11.3. The van der Waals surface area contributed by atoms with Gasteiger partial charge in [0.15, 0.2) is 0 Å². The van der Waals surface area contributed by atoms with Gasteiger partial charge >= 0.3 is 5.69 Å². The van der Waals surface area contributed by atoms with Crippen LogP contribution in [-0.4, -0.2) is 9.91 Å². The second-order valence-electron chi connectivity index (χ2n) is 2.88. The molecular weight excluding hydrogens is 332 g/mol. The number of halogens is 2. The van der Waals surface area contributed by atoms with E-state index < -0.39 is 4.92 Å². The molecule has 8 heteroatoms. The van der Waals surface area contributed by atoms with Crippen LogP contribution in [0, 0.1) is 10.1 Å². The van der Waals surface area contributed by atoms with Gasteiger partial charge in [0, 0.05) is 11.4 Å². The van der Waals surface area contributed by atoms with Crippen molar-refractivity contribution in [3.63, 3.8) is 0 Å². The Balaban J connectivity index is 2.40. The Kier molecular flexibility index (Phi) is 3.60. The third-order valence-electron chi connectivity index (χ3n) is 1.79. The van der Waals surface area contributed by atoms with Gasteiger partial charge in [0.25, 0.3) is 5.19 Å². The molecule has 0 saturated carbocycles. The molecule has 0 radical (unpaired) electrons. The Morgan fingerprint density at radius 2 is 2.29 bits per heavy atom. The highest BCUT2D eigenvalue weighted by atomic mass is 79.9. The van der Waals surface area contributed by atoms with Crippen molar-refractivity contribution >= 4 is 44.6 Å². The normalized spacial score (nSPS) is 10.2. The van der Waals surface area contributed by atoms with Crippen molar-refractivity contribution in [2.75, 3.05) is 0 Å². The molecule has 5 nitrogen and oxygen atoms in total. The predicted octanol–water partition coefficient (Wildman–Crippen LogP) is 4.26. The molecule has 0 bridgehead atoms. The Morgan fingerprint density at radius 3 is 2.88 bits per heavy atom. The molecule has 0 atom stereocenters. The van der Waals surface area contributed by atoms with Gasteiger partial charge in [-0.05, 0) is 22.0 Å². The molecule has 0 amide bonds. The minimum Gasteiger partial charge on any atom is -0.422 e. The Hall–Kier alpha value is -1.18. The number of benzene rings is 1. The maximum absolute atomic E-state index is 10.8. The monoisotopic (exact) mass is 334 g/mol. The van der Waals surface area contributed by atoms with Gasteiger partial charge in [0.1, 0.15) is 4.60 Å². The van der Waals surface area contributed by atoms with Crippen molar-refractivity contribution < 1.29 is 9.66 Å². The zero-order chi connectivity index (χ0) is 12.4. The van der Waals surface area contributed by atoms with Crippen molar-refractivity contribution in [1.82, 2.24) is 4.98 Å². The van der Waals surface area contributed by atoms with E-state index in [1.54, 1.807) is 5.38 Å². The Labute approximate surface area is 113 Å². The SMILES string of the molecule is O=[N+]([O-])c1cccc(Cl)c1Oc1nc(Br)cs1. The highest BCUT2D eigenvalue weighted by molar-refractivity contribution is 9.10. The molecule has 0 saturated heterocycles. The van der Waals surface area contributed by atoms with Crippen LogP contribution in [0.15, 0.2) is 28.2 Å². The summed E-state index contributed by atoms with van der Waals surface area (Å²) in [6, 6.07) is 4.33. The van der Waals surface area contributed by atoms with Gasteiger partial charge < -0.3 is 4.74 Å². The van der Waals surface area contributed by atoms with E-state index in [-0.39, 0.29) is 21.7 Å². The predicted molar refractivity (Wildman–Crippen MR) is 68.0 cm³/mol. The number of ether oxygens (including phenoxy) is 1. The van der Waals surface area contributed by atoms with Crippen LogP contribution in [0.4, 0.5) is 5.69 Å². The second kappa shape index (κ2) is 4.99. The van der Waals surface area contributed by atoms with Gasteiger partial charge in [-0.3, -0.25) is 10.1 Å². The van der Waals surface area contributed by atoms with Gasteiger partial charge in [-0.15, -0.1) is 0 Å². The van der Waals surface area contributed by atoms with Gasteiger partial charge in [0.05, 0.1) is 9.95 Å². The fourth-order valence-corrected chi connectivity index (χ4v) is 2.42. The summed E-state index contributed by atoms with van der Waals surface area (Å²) in [5, 5.41) is 13.0. The van der Waals surface area contributed by atoms with Crippen molar-refractivity contribution in [1.29, 1.82) is 0 Å². The first-order valence-corrected chi connectivity index (χ1v) is 6.35. The van der Waals surface area contributed by atoms with Gasteiger partial charge in [-0.2, -0.15) is 4.98 Å². The summed E-state index contributed by atoms with van der Waals surface area (Å²) in [4.78, 5) is 14.2. The number of hydrogen-bond donors (Lipinski definition) is 0. The summed E-state index contributed by atoms with van der Waals surface area (Å²) in [7, 11) is 0. The van der Waals surface area contributed by atoms with Crippen LogP contribution in [0.5, 0.6) is 10.9 Å². The quantitative estimate of drug-likeness (QED) is 0.621. The summed E-state index contributed by atoms with van der Waals surface area (Å²) in [5.41, 5.74) is -0.191. The number of rotatable bonds is 3. The number of nitro benzene ring substituents is 1. The van der Waals surface area contributed by atoms with Crippen LogP contribution in [0.1, 0.15) is 0 Å². The minimum atomic E-state index is -0.552. The molecular formula is C9H4BrClN2O3S. The Bertz CT molecular complexity index is 575. The fourth-order valence-electron chi connectivity index (χ4n) is 1.12. The van der Waals surface area contributed by atoms with E-state index in [0.29, 0.717) is 4.60 Å². The number of thiazole rings is 1. The molecule has 0 spiro atoms. The van der Waals surface area contributed by atoms with Crippen molar-refractivity contribution in [3.05, 3.63) is 43.3 Å². The van der Waals surface area contributed by atoms with Crippen molar-refractivity contribution in [3.8, 4) is 10.9 Å². The molecule has 0 unspecified atom stereocenters. The average molecular weight is 336 g/mol. The summed E-state index contributed by atoms with van der Waals surface area (Å²) < 4.78 is 5.93. The second-order valence-corrected chi connectivity index (χ2v) is 4.92. The number of hydrogen-bond acceptors (Lipinski definition) is 5. The largest absolute Gasteiger partial charge is 0.422 e. The molecule has 0 aliphatic carbocycles. The smallest absolute Gasteiger partial charge is 0.313 e. The first-order chi connectivity index (χ1) is 8.08. The highest BCUT2D eigenvalue weighted by Crippen LogP contribution is 2.38. The van der Waals surface area contributed by atoms with E-state index in [2.05, 4.69) is 20.9 Å². The zero-order valence-electron chi connectivity index (χ0n) is 8.09. The van der Waals surface area contributed by atoms with Crippen LogP contribution in [-0.2, 0) is 0 Å². The van der Waals surface area contributed by atoms with Crippen LogP contribution in [0.25, 0.3) is 0 Å². The number of aromatic nitrogens is 1. The standard InChI is InChI=1S/C9H4BrClN2O3S/c10-7-4-17-9(12-7)16-8-5(11)2-1-3-6(8)13(14)15/h1-4H. The van der Waals surface area contributed by atoms with Crippen LogP contribution in [0.3, 0.4) is 0 Å². The fraction of sp³-hybridized carbons (Fsp3) is 0. The molecule has 0 aliphatic heterocycles. The summed E-state index contributed by atoms with van der Waals surface area (Å²) in [6.07, 6.45) is 0. The van der Waals surface area contributed by atoms with Gasteiger partial charge in [-0.25, -0.2) is 0 Å². The maximum atomic E-state index is 10.8. The topological polar surface area (TPSA) is 65.3 Å². The van der Waals surface area contributed by atoms with E-state index in [9.17, 15) is 10.1 Å². The first kappa shape index (κ1) is 12.3. The number of nitro groups is 1. The molecule has 0 N–H and O–H groups in total. The molecule has 1 aromatic carbocycles. The summed E-state index contributed by atoms with van der Waals surface area (Å²) >= 11 is 10.2. The van der Waals surface area contributed by atoms with E-state index in [1.807, 2.05) is 0 Å². The van der Waals surface area contributed by atoms with Crippen LogP contribution in [0.2, 0.25) is 5.02 Å². The van der Waals surface area contributed by atoms with Gasteiger partial charge in [0.2, 0.25) is 5.75 Å². The summed E-state index contributed by atoms with van der Waals surface area (Å²) in [5.74, 6) is 0.000941. The third kappa shape index (κ3) is 2.74. The van der Waals surface area contributed by atoms with E-state index in [0.717, 1.165) is 0 Å². The van der Waals surface area contributed by atoms with E-state index >= 15 is 0 Å². The van der Waals surface area contributed by atoms with Crippen LogP contribution >= 0.6 is 38.9 Å². The molecule has 88 valence electrons. The lowest BCUT2D eigenvalue weighted by Gasteiger charge is -2.04. The third-order valence-corrected chi connectivity index (χ3v) is 3.51. The van der Waals surface area contributed by atoms with E-state index in [4.69, 9.17) is 16.3 Å². The highest BCUT2D eigenvalue weighted by Gasteiger charge is 2.20. The lowest BCUT2D eigenvalue weighted by atomic mass is 10.3. The summed E-state index contributed by atoms with van der Waals surface area (Å²) in [6.45, 7) is 0. The molecule has 1 aromatic heterocycles. The molecule has 2 aromatic rings. The lowest BCUT2D eigenvalue weighted by molar-refractivity contribution is -0.385. The maximum Gasteiger partial charge on any atom is 0.313 e. The molecule has 0 fully saturated rings. The molecule has 2 rings (SSSR count). The average Bonchev–Trinajstić information content (AvgIpc) is 2.67. The first-order valence-electron chi connectivity index (χ1n) is 4.29. The molecule has 1 heterocycles. The number of nitrogens with zero attached hydrogens (tertiary/aromatic N) is 2. The van der Waals surface area contributed by atoms with Crippen LogP contribution < -0.4 is 4.74 Å². The Morgan fingerprint density at radius 1 is 1.53 bits per heavy atom. The molecule has 0 aliphatic rings. The lowest BCUT2D eigenvalue weighted by Crippen LogP contribution is -1.93. The van der Waals surface area contributed by atoms with Crippen molar-refractivity contribution in [2.45, 2.75) is 0 Å². The minimum absolute atomic E-state index is 0.000941.